The van der Waals surface area contributed by atoms with E-state index in [-0.39, 0.29) is 0 Å². The lowest BCUT2D eigenvalue weighted by atomic mass is 10.2. The highest BCUT2D eigenvalue weighted by Gasteiger charge is 2.43. The molecule has 0 fully saturated rings. The fourth-order valence-corrected chi connectivity index (χ4v) is 7.86. The molecule has 3 rings (SSSR count). The second kappa shape index (κ2) is 8.97. The molecule has 0 saturated heterocycles. The van der Waals surface area contributed by atoms with E-state index in [4.69, 9.17) is 9.90 Å². The minimum atomic E-state index is -1.64. The molecule has 0 aliphatic heterocycles. The monoisotopic (exact) mass is 378 g/mol. The summed E-state index contributed by atoms with van der Waals surface area (Å²) in [6, 6.07) is 26.6. The van der Waals surface area contributed by atoms with E-state index < -0.39 is 13.2 Å². The predicted octanol–water partition coefficient (Wildman–Crippen LogP) is 3.29. The molecule has 0 bridgehead atoms. The highest BCUT2D eigenvalue weighted by atomic mass is 31.2. The van der Waals surface area contributed by atoms with E-state index in [2.05, 4.69) is 100 Å². The van der Waals surface area contributed by atoms with Gasteiger partial charge < -0.3 is 9.90 Å². The van der Waals surface area contributed by atoms with Crippen molar-refractivity contribution in [3.8, 4) is 0 Å². The standard InChI is InChI=1S/C22H24P.C2H4O2/c1-17-11-5-8-14-20(17)23(4,21-15-9-6-12-18(21)2)22-16-10-7-13-19(22)3;1-2(3)4/h5-16H,1-4H3;1H3,(H,3,4)/q+1;/p-1. The van der Waals surface area contributed by atoms with Crippen molar-refractivity contribution < 1.29 is 9.90 Å². The molecule has 0 heterocycles. The van der Waals surface area contributed by atoms with Gasteiger partial charge in [-0.15, -0.1) is 0 Å². The molecule has 0 unspecified atom stereocenters. The van der Waals surface area contributed by atoms with E-state index in [1.54, 1.807) is 0 Å². The van der Waals surface area contributed by atoms with Crippen molar-refractivity contribution in [2.75, 3.05) is 6.66 Å². The summed E-state index contributed by atoms with van der Waals surface area (Å²) in [6.45, 7) is 10.2. The fourth-order valence-electron chi connectivity index (χ4n) is 3.58. The van der Waals surface area contributed by atoms with Gasteiger partial charge in [-0.3, -0.25) is 0 Å². The van der Waals surface area contributed by atoms with Crippen molar-refractivity contribution in [3.63, 3.8) is 0 Å². The Morgan fingerprint density at radius 2 is 0.889 bits per heavy atom. The number of benzene rings is 3. The highest BCUT2D eigenvalue weighted by Crippen LogP contribution is 2.53. The van der Waals surface area contributed by atoms with Gasteiger partial charge >= 0.3 is 0 Å². The first-order chi connectivity index (χ1) is 12.8. The van der Waals surface area contributed by atoms with E-state index in [0.717, 1.165) is 6.92 Å². The number of carboxylic acids is 1. The van der Waals surface area contributed by atoms with Crippen LogP contribution in [0.25, 0.3) is 0 Å². The van der Waals surface area contributed by atoms with Crippen LogP contribution in [0.2, 0.25) is 0 Å². The van der Waals surface area contributed by atoms with E-state index >= 15 is 0 Å². The Labute approximate surface area is 163 Å². The molecule has 0 N–H and O–H groups in total. The molecule has 2 nitrogen and oxygen atoms in total. The highest BCUT2D eigenvalue weighted by molar-refractivity contribution is 7.95. The number of rotatable bonds is 3. The van der Waals surface area contributed by atoms with Crippen LogP contribution in [0.5, 0.6) is 0 Å². The van der Waals surface area contributed by atoms with Crippen LogP contribution in [0.4, 0.5) is 0 Å². The van der Waals surface area contributed by atoms with E-state index in [1.165, 1.54) is 32.6 Å². The summed E-state index contributed by atoms with van der Waals surface area (Å²) in [4.78, 5) is 8.89. The molecule has 0 spiro atoms. The van der Waals surface area contributed by atoms with E-state index in [1.807, 2.05) is 0 Å². The van der Waals surface area contributed by atoms with Crippen LogP contribution in [0.1, 0.15) is 23.6 Å². The lowest BCUT2D eigenvalue weighted by Crippen LogP contribution is -2.34. The molecule has 140 valence electrons. The van der Waals surface area contributed by atoms with Gasteiger partial charge in [-0.25, -0.2) is 0 Å². The fraction of sp³-hybridized carbons (Fsp3) is 0.208. The van der Waals surface area contributed by atoms with Gasteiger partial charge in [0.1, 0.15) is 23.2 Å². The van der Waals surface area contributed by atoms with E-state index in [0.29, 0.717) is 0 Å². The second-order valence-corrected chi connectivity index (χ2v) is 10.3. The predicted molar refractivity (Wildman–Crippen MR) is 116 cm³/mol. The van der Waals surface area contributed by atoms with Crippen LogP contribution in [-0.4, -0.2) is 12.6 Å². The smallest absolute Gasteiger partial charge is 0.110 e. The topological polar surface area (TPSA) is 40.1 Å². The number of aliphatic carboxylic acids is 1. The minimum absolute atomic E-state index is 0.972. The summed E-state index contributed by atoms with van der Waals surface area (Å²) >= 11 is 0. The second-order valence-electron chi connectivity index (χ2n) is 6.86. The van der Waals surface area contributed by atoms with Gasteiger partial charge in [0.25, 0.3) is 0 Å². The van der Waals surface area contributed by atoms with Crippen molar-refractivity contribution in [2.45, 2.75) is 27.7 Å². The average molecular weight is 378 g/mol. The number of carboxylic acid groups (broad SMARTS) is 1. The van der Waals surface area contributed by atoms with Gasteiger partial charge in [0.05, 0.1) is 6.66 Å². The Kier molecular flexibility index (Phi) is 6.93. The van der Waals surface area contributed by atoms with Gasteiger partial charge in [0.2, 0.25) is 0 Å². The Balaban J connectivity index is 0.000000596. The molecule has 27 heavy (non-hydrogen) atoms. The molecule has 0 radical (unpaired) electrons. The molecule has 0 amide bonds. The number of carbonyl (C=O) groups is 1. The molecule has 0 aromatic heterocycles. The lowest BCUT2D eigenvalue weighted by molar-refractivity contribution is -0.302. The maximum absolute atomic E-state index is 8.89. The van der Waals surface area contributed by atoms with Gasteiger partial charge in [-0.2, -0.15) is 0 Å². The molecule has 0 saturated carbocycles. The first kappa shape index (κ1) is 20.9. The summed E-state index contributed by atoms with van der Waals surface area (Å²) in [5.74, 6) is -1.08. The van der Waals surface area contributed by atoms with Gasteiger partial charge in [0.15, 0.2) is 0 Å². The van der Waals surface area contributed by atoms with Crippen LogP contribution in [0.15, 0.2) is 72.8 Å². The molecule has 0 aliphatic carbocycles. The molecular formula is C24H27O2P. The third-order valence-corrected chi connectivity index (χ3v) is 9.19. The Bertz CT molecular complexity index is 816. The van der Waals surface area contributed by atoms with E-state index in [9.17, 15) is 0 Å². The molecule has 3 aromatic carbocycles. The van der Waals surface area contributed by atoms with Crippen LogP contribution in [-0.2, 0) is 4.79 Å². The number of hydrogen-bond acceptors (Lipinski definition) is 2. The van der Waals surface area contributed by atoms with Crippen LogP contribution < -0.4 is 21.0 Å². The maximum atomic E-state index is 8.89. The minimum Gasteiger partial charge on any atom is -0.550 e. The van der Waals surface area contributed by atoms with Crippen molar-refractivity contribution in [2.24, 2.45) is 0 Å². The summed E-state index contributed by atoms with van der Waals surface area (Å²) in [6.07, 6.45) is 0. The Morgan fingerprint density at radius 3 is 1.11 bits per heavy atom. The van der Waals surface area contributed by atoms with Crippen molar-refractivity contribution in [3.05, 3.63) is 89.5 Å². The van der Waals surface area contributed by atoms with Crippen molar-refractivity contribution >= 4 is 29.1 Å². The zero-order valence-electron chi connectivity index (χ0n) is 16.7. The summed E-state index contributed by atoms with van der Waals surface area (Å²) in [5, 5.41) is 13.4. The Hall–Kier alpha value is -2.44. The zero-order chi connectivity index (χ0) is 20.0. The summed E-state index contributed by atoms with van der Waals surface area (Å²) in [5.41, 5.74) is 4.15. The van der Waals surface area contributed by atoms with Gasteiger partial charge in [-0.05, 0) is 62.6 Å². The zero-order valence-corrected chi connectivity index (χ0v) is 17.6. The third kappa shape index (κ3) is 4.64. The van der Waals surface area contributed by atoms with Crippen LogP contribution in [0.3, 0.4) is 0 Å². The van der Waals surface area contributed by atoms with Crippen molar-refractivity contribution in [1.29, 1.82) is 0 Å². The lowest BCUT2D eigenvalue weighted by Gasteiger charge is -2.27. The molecule has 0 atom stereocenters. The van der Waals surface area contributed by atoms with Crippen LogP contribution >= 0.6 is 7.26 Å². The molecule has 3 aromatic rings. The third-order valence-electron chi connectivity index (χ3n) is 4.79. The first-order valence-corrected chi connectivity index (χ1v) is 11.2. The SMILES string of the molecule is CC(=O)[O-].Cc1ccccc1[P+](C)(c1ccccc1C)c1ccccc1C. The summed E-state index contributed by atoms with van der Waals surface area (Å²) < 4.78 is 0. The summed E-state index contributed by atoms with van der Waals surface area (Å²) in [7, 11) is -1.64. The number of carbonyl (C=O) groups excluding carboxylic acids is 1. The maximum Gasteiger partial charge on any atom is 0.110 e. The molecule has 0 aliphatic rings. The normalized spacial score (nSPS) is 10.7. The first-order valence-electron chi connectivity index (χ1n) is 9.01. The quantitative estimate of drug-likeness (QED) is 0.656. The van der Waals surface area contributed by atoms with Crippen molar-refractivity contribution in [1.82, 2.24) is 0 Å². The Morgan fingerprint density at radius 1 is 0.667 bits per heavy atom. The van der Waals surface area contributed by atoms with Gasteiger partial charge in [-0.1, -0.05) is 54.6 Å². The molecular weight excluding hydrogens is 351 g/mol. The largest absolute Gasteiger partial charge is 0.550 e. The number of hydrogen-bond donors (Lipinski definition) is 0. The average Bonchev–Trinajstić information content (AvgIpc) is 2.62. The molecule has 3 heteroatoms. The van der Waals surface area contributed by atoms with Gasteiger partial charge in [0, 0.05) is 5.97 Å². The van der Waals surface area contributed by atoms with Crippen LogP contribution in [0, 0.1) is 20.8 Å². The number of aryl methyl sites for hydroxylation is 3.